The highest BCUT2D eigenvalue weighted by Crippen LogP contribution is 2.13. The van der Waals surface area contributed by atoms with Crippen LogP contribution in [0.15, 0.2) is 28.8 Å². The van der Waals surface area contributed by atoms with Crippen LogP contribution in [0.3, 0.4) is 0 Å². The second-order valence-corrected chi connectivity index (χ2v) is 8.22. The number of rotatable bonds is 7. The predicted octanol–water partition coefficient (Wildman–Crippen LogP) is 3.70. The molecule has 1 aliphatic heterocycles. The van der Waals surface area contributed by atoms with Gasteiger partial charge in [-0.25, -0.2) is 4.79 Å². The van der Waals surface area contributed by atoms with Gasteiger partial charge < -0.3 is 14.7 Å². The highest BCUT2D eigenvalue weighted by atomic mass is 35.5. The van der Waals surface area contributed by atoms with Crippen LogP contribution in [-0.4, -0.2) is 58.7 Å². The Hall–Kier alpha value is -2.12. The first-order valence-corrected chi connectivity index (χ1v) is 10.7. The molecule has 0 saturated carbocycles. The molecule has 0 bridgehead atoms. The number of halogens is 1. The van der Waals surface area contributed by atoms with E-state index in [0.29, 0.717) is 18.9 Å². The molecule has 1 aromatic carbocycles. The molecule has 0 radical (unpaired) electrons. The number of aryl methyl sites for hydroxylation is 1. The summed E-state index contributed by atoms with van der Waals surface area (Å²) in [6.07, 6.45) is 2.43. The van der Waals surface area contributed by atoms with Gasteiger partial charge in [0.1, 0.15) is 0 Å². The summed E-state index contributed by atoms with van der Waals surface area (Å²) in [6.45, 7) is 8.93. The molecule has 0 atom stereocenters. The Balaban J connectivity index is 1.36. The summed E-state index contributed by atoms with van der Waals surface area (Å²) in [6, 6.07) is 7.97. The van der Waals surface area contributed by atoms with Crippen molar-refractivity contribution < 1.29 is 9.32 Å². The number of nitrogens with one attached hydrogen (secondary N) is 1. The lowest BCUT2D eigenvalue weighted by molar-refractivity contribution is 0.197. The van der Waals surface area contributed by atoms with E-state index in [1.807, 2.05) is 30.9 Å². The van der Waals surface area contributed by atoms with Crippen molar-refractivity contribution in [3.05, 3.63) is 46.6 Å². The molecule has 2 heterocycles. The van der Waals surface area contributed by atoms with Crippen molar-refractivity contribution in [2.75, 3.05) is 32.7 Å². The molecule has 7 nitrogen and oxygen atoms in total. The van der Waals surface area contributed by atoms with Gasteiger partial charge in [-0.3, -0.25) is 4.90 Å². The van der Waals surface area contributed by atoms with Crippen LogP contribution in [0.4, 0.5) is 4.79 Å². The number of aromatic nitrogens is 2. The number of amides is 2. The number of hydrogen-bond donors (Lipinski definition) is 1. The second-order valence-electron chi connectivity index (χ2n) is 7.78. The fourth-order valence-electron chi connectivity index (χ4n) is 3.33. The number of carbonyl (C=O) groups is 1. The van der Waals surface area contributed by atoms with Gasteiger partial charge in [0.2, 0.25) is 5.89 Å². The number of carbonyl (C=O) groups excluding carboxylic acids is 1. The minimum absolute atomic E-state index is 0.00624. The summed E-state index contributed by atoms with van der Waals surface area (Å²) in [5, 5.41) is 7.73. The molecule has 1 saturated heterocycles. The SMILES string of the molecule is CC(C)c1noc(CCCNC(=O)N2CCCN(Cc3ccc(Cl)cc3)CC2)n1. The minimum atomic E-state index is 0.00624. The van der Waals surface area contributed by atoms with Crippen LogP contribution in [0, 0.1) is 0 Å². The van der Waals surface area contributed by atoms with Crippen molar-refractivity contribution >= 4 is 17.6 Å². The Morgan fingerprint density at radius 2 is 2.00 bits per heavy atom. The zero-order valence-corrected chi connectivity index (χ0v) is 18.0. The first-order chi connectivity index (χ1) is 14.0. The molecule has 8 heteroatoms. The van der Waals surface area contributed by atoms with E-state index in [1.165, 1.54) is 5.56 Å². The third kappa shape index (κ3) is 6.72. The van der Waals surface area contributed by atoms with E-state index in [0.717, 1.165) is 56.4 Å². The maximum Gasteiger partial charge on any atom is 0.317 e. The number of benzene rings is 1. The van der Waals surface area contributed by atoms with Crippen LogP contribution in [0.25, 0.3) is 0 Å². The average Bonchev–Trinajstić information content (AvgIpc) is 3.06. The van der Waals surface area contributed by atoms with Crippen molar-refractivity contribution in [2.45, 2.75) is 45.6 Å². The number of nitrogens with zero attached hydrogens (tertiary/aromatic N) is 4. The first kappa shape index (κ1) is 21.6. The van der Waals surface area contributed by atoms with Crippen molar-refractivity contribution in [1.29, 1.82) is 0 Å². The van der Waals surface area contributed by atoms with Crippen molar-refractivity contribution in [1.82, 2.24) is 25.3 Å². The fourth-order valence-corrected chi connectivity index (χ4v) is 3.46. The summed E-state index contributed by atoms with van der Waals surface area (Å²) in [5.74, 6) is 1.63. The van der Waals surface area contributed by atoms with Gasteiger partial charge in [-0.1, -0.05) is 42.7 Å². The van der Waals surface area contributed by atoms with Gasteiger partial charge in [-0.05, 0) is 30.5 Å². The molecular formula is C21H30ClN5O2. The highest BCUT2D eigenvalue weighted by molar-refractivity contribution is 6.30. The molecule has 3 rings (SSSR count). The van der Waals surface area contributed by atoms with Gasteiger partial charge in [0.15, 0.2) is 5.82 Å². The zero-order valence-electron chi connectivity index (χ0n) is 17.2. The molecule has 0 aliphatic carbocycles. The van der Waals surface area contributed by atoms with Crippen LogP contribution in [-0.2, 0) is 13.0 Å². The standard InChI is InChI=1S/C21H30ClN5O2/c1-16(2)20-24-19(29-25-20)5-3-10-23-21(28)27-12-4-11-26(13-14-27)15-17-6-8-18(22)9-7-17/h6-9,16H,3-5,10-15H2,1-2H3,(H,23,28). The van der Waals surface area contributed by atoms with E-state index in [2.05, 4.69) is 32.5 Å². The molecule has 158 valence electrons. The molecule has 29 heavy (non-hydrogen) atoms. The first-order valence-electron chi connectivity index (χ1n) is 10.3. The van der Waals surface area contributed by atoms with Crippen LogP contribution < -0.4 is 5.32 Å². The Labute approximate surface area is 177 Å². The van der Waals surface area contributed by atoms with Crippen molar-refractivity contribution in [3.63, 3.8) is 0 Å². The average molecular weight is 420 g/mol. The molecule has 0 spiro atoms. The van der Waals surface area contributed by atoms with Crippen LogP contribution in [0.2, 0.25) is 5.02 Å². The van der Waals surface area contributed by atoms with E-state index in [1.54, 1.807) is 0 Å². The fraction of sp³-hybridized carbons (Fsp3) is 0.571. The largest absolute Gasteiger partial charge is 0.339 e. The Morgan fingerprint density at radius 3 is 2.72 bits per heavy atom. The van der Waals surface area contributed by atoms with Crippen LogP contribution in [0.5, 0.6) is 0 Å². The maximum atomic E-state index is 12.5. The summed E-state index contributed by atoms with van der Waals surface area (Å²) in [4.78, 5) is 21.1. The molecule has 1 aliphatic rings. The third-order valence-corrected chi connectivity index (χ3v) is 5.29. The molecular weight excluding hydrogens is 390 g/mol. The molecule has 2 amide bonds. The smallest absolute Gasteiger partial charge is 0.317 e. The second kappa shape index (κ2) is 10.6. The predicted molar refractivity (Wildman–Crippen MR) is 113 cm³/mol. The topological polar surface area (TPSA) is 74.5 Å². The zero-order chi connectivity index (χ0) is 20.6. The van der Waals surface area contributed by atoms with Gasteiger partial charge in [0, 0.05) is 56.6 Å². The van der Waals surface area contributed by atoms with Crippen molar-refractivity contribution in [3.8, 4) is 0 Å². The molecule has 2 aromatic rings. The van der Waals surface area contributed by atoms with E-state index in [-0.39, 0.29) is 11.9 Å². The Kier molecular flexibility index (Phi) is 7.89. The van der Waals surface area contributed by atoms with Crippen molar-refractivity contribution in [2.24, 2.45) is 0 Å². The van der Waals surface area contributed by atoms with Crippen LogP contribution >= 0.6 is 11.6 Å². The normalized spacial score (nSPS) is 15.5. The monoisotopic (exact) mass is 419 g/mol. The summed E-state index contributed by atoms with van der Waals surface area (Å²) in [7, 11) is 0. The lowest BCUT2D eigenvalue weighted by atomic mass is 10.2. The Morgan fingerprint density at radius 1 is 1.21 bits per heavy atom. The molecule has 1 N–H and O–H groups in total. The van der Waals surface area contributed by atoms with E-state index in [4.69, 9.17) is 16.1 Å². The van der Waals surface area contributed by atoms with E-state index >= 15 is 0 Å². The van der Waals surface area contributed by atoms with Gasteiger partial charge in [-0.15, -0.1) is 0 Å². The quantitative estimate of drug-likeness (QED) is 0.692. The number of hydrogen-bond acceptors (Lipinski definition) is 5. The lowest BCUT2D eigenvalue weighted by Crippen LogP contribution is -2.42. The van der Waals surface area contributed by atoms with E-state index in [9.17, 15) is 4.79 Å². The van der Waals surface area contributed by atoms with Gasteiger partial charge in [0.05, 0.1) is 0 Å². The third-order valence-electron chi connectivity index (χ3n) is 5.04. The van der Waals surface area contributed by atoms with Gasteiger partial charge in [-0.2, -0.15) is 4.98 Å². The van der Waals surface area contributed by atoms with Gasteiger partial charge in [0.25, 0.3) is 0 Å². The molecule has 0 unspecified atom stereocenters. The molecule has 1 aromatic heterocycles. The summed E-state index contributed by atoms with van der Waals surface area (Å²) < 4.78 is 5.24. The van der Waals surface area contributed by atoms with Crippen LogP contribution in [0.1, 0.15) is 49.9 Å². The van der Waals surface area contributed by atoms with Gasteiger partial charge >= 0.3 is 6.03 Å². The lowest BCUT2D eigenvalue weighted by Gasteiger charge is -2.22. The number of urea groups is 1. The minimum Gasteiger partial charge on any atom is -0.339 e. The molecule has 1 fully saturated rings. The summed E-state index contributed by atoms with van der Waals surface area (Å²) >= 11 is 5.96. The maximum absolute atomic E-state index is 12.5. The summed E-state index contributed by atoms with van der Waals surface area (Å²) in [5.41, 5.74) is 1.24. The Bertz CT molecular complexity index is 778. The highest BCUT2D eigenvalue weighted by Gasteiger charge is 2.19. The van der Waals surface area contributed by atoms with E-state index < -0.39 is 0 Å².